The lowest BCUT2D eigenvalue weighted by molar-refractivity contribution is -0.126. The fourth-order valence-electron chi connectivity index (χ4n) is 7.09. The van der Waals surface area contributed by atoms with Crippen LogP contribution in [0.4, 0.5) is 0 Å². The minimum Gasteiger partial charge on any atom is -0.298 e. The Labute approximate surface area is 165 Å². The van der Waals surface area contributed by atoms with E-state index in [-0.39, 0.29) is 11.3 Å². The van der Waals surface area contributed by atoms with Crippen molar-refractivity contribution in [1.29, 1.82) is 0 Å². The van der Waals surface area contributed by atoms with Crippen molar-refractivity contribution in [1.82, 2.24) is 0 Å². The van der Waals surface area contributed by atoms with E-state index in [9.17, 15) is 4.79 Å². The second-order valence-electron chi connectivity index (χ2n) is 9.05. The summed E-state index contributed by atoms with van der Waals surface area (Å²) in [6, 6.07) is 0. The lowest BCUT2D eigenvalue weighted by Gasteiger charge is -2.53. The Bertz CT molecular complexity index is 644. The molecule has 136 valence electrons. The van der Waals surface area contributed by atoms with Crippen LogP contribution in [0, 0.1) is 52.2 Å². The third-order valence-electron chi connectivity index (χ3n) is 8.23. The van der Waals surface area contributed by atoms with Crippen LogP contribution in [0.2, 0.25) is 0 Å². The summed E-state index contributed by atoms with van der Waals surface area (Å²) in [5, 5.41) is 3.14. The quantitative estimate of drug-likeness (QED) is 0.304. The third kappa shape index (κ3) is 2.94. The average molecular weight is 424 g/mol. The van der Waals surface area contributed by atoms with Gasteiger partial charge in [-0.3, -0.25) is 4.79 Å². The summed E-state index contributed by atoms with van der Waals surface area (Å²) in [7, 11) is 0. The standard InChI is InChI=1S/C22H28BrClO/c1-22-10-8-17-16-4-2-14(9-11-24)12-15(16)3-5-18(17)19(22)6-7-20(22)21(25)13-23/h3,14,16-20H,2,4-8,10,12-13H2,1H3. The van der Waals surface area contributed by atoms with Gasteiger partial charge in [0.15, 0.2) is 0 Å². The molecule has 0 amide bonds. The smallest absolute Gasteiger partial charge is 0.147 e. The summed E-state index contributed by atoms with van der Waals surface area (Å²) in [5.74, 6) is 7.57. The maximum Gasteiger partial charge on any atom is 0.147 e. The number of allylic oxidation sites excluding steroid dienone is 2. The van der Waals surface area contributed by atoms with Gasteiger partial charge < -0.3 is 0 Å². The minimum atomic E-state index is 0.249. The number of hydrogen-bond donors (Lipinski definition) is 0. The first-order chi connectivity index (χ1) is 12.1. The number of carbonyl (C=O) groups excluding carboxylic acids is 1. The van der Waals surface area contributed by atoms with E-state index in [0.29, 0.717) is 17.0 Å². The second-order valence-corrected chi connectivity index (χ2v) is 9.80. The topological polar surface area (TPSA) is 17.1 Å². The number of alkyl halides is 1. The zero-order valence-corrected chi connectivity index (χ0v) is 17.4. The molecule has 3 saturated carbocycles. The van der Waals surface area contributed by atoms with Crippen LogP contribution in [-0.2, 0) is 4.79 Å². The molecular formula is C22H28BrClO. The van der Waals surface area contributed by atoms with E-state index >= 15 is 0 Å². The van der Waals surface area contributed by atoms with E-state index < -0.39 is 0 Å². The molecule has 0 spiro atoms. The van der Waals surface area contributed by atoms with Crippen molar-refractivity contribution in [2.75, 3.05) is 5.33 Å². The van der Waals surface area contributed by atoms with Gasteiger partial charge >= 0.3 is 0 Å². The SMILES string of the molecule is CC12CCC3C4CCC(C#CCl)CC4=CCC3C1CCC2C(=O)CBr. The van der Waals surface area contributed by atoms with Crippen molar-refractivity contribution in [2.24, 2.45) is 40.9 Å². The summed E-state index contributed by atoms with van der Waals surface area (Å²) in [6.45, 7) is 2.43. The zero-order valence-electron chi connectivity index (χ0n) is 15.1. The molecule has 0 N–H and O–H groups in total. The molecule has 4 aliphatic carbocycles. The van der Waals surface area contributed by atoms with Crippen LogP contribution in [0.1, 0.15) is 58.3 Å². The Hall–Kier alpha value is -0.260. The maximum atomic E-state index is 12.5. The summed E-state index contributed by atoms with van der Waals surface area (Å²) in [6.07, 6.45) is 12.4. The first-order valence-electron chi connectivity index (χ1n) is 9.97. The normalized spacial score (nSPS) is 45.3. The van der Waals surface area contributed by atoms with Gasteiger partial charge in [0.05, 0.1) is 5.33 Å². The summed E-state index contributed by atoms with van der Waals surface area (Å²) < 4.78 is 0. The van der Waals surface area contributed by atoms with E-state index in [2.05, 4.69) is 40.2 Å². The van der Waals surface area contributed by atoms with Crippen molar-refractivity contribution in [3.8, 4) is 11.3 Å². The molecule has 3 heteroatoms. The molecule has 0 radical (unpaired) electrons. The molecule has 0 aromatic rings. The van der Waals surface area contributed by atoms with E-state index in [1.165, 1.54) is 38.5 Å². The Morgan fingerprint density at radius 1 is 1.28 bits per heavy atom. The van der Waals surface area contributed by atoms with E-state index in [4.69, 9.17) is 11.6 Å². The number of fused-ring (bicyclic) bond motifs is 5. The monoisotopic (exact) mass is 422 g/mol. The zero-order chi connectivity index (χ0) is 17.6. The predicted molar refractivity (Wildman–Crippen MR) is 106 cm³/mol. The number of rotatable bonds is 2. The van der Waals surface area contributed by atoms with Crippen LogP contribution < -0.4 is 0 Å². The molecule has 7 atom stereocenters. The highest BCUT2D eigenvalue weighted by Gasteiger charge is 2.57. The van der Waals surface area contributed by atoms with Gasteiger partial charge in [0, 0.05) is 17.2 Å². The van der Waals surface area contributed by atoms with Gasteiger partial charge in [-0.15, -0.1) is 0 Å². The van der Waals surface area contributed by atoms with Gasteiger partial charge in [-0.05, 0) is 92.1 Å². The molecule has 25 heavy (non-hydrogen) atoms. The molecule has 1 nitrogen and oxygen atoms in total. The van der Waals surface area contributed by atoms with Crippen LogP contribution in [-0.4, -0.2) is 11.1 Å². The van der Waals surface area contributed by atoms with Crippen LogP contribution in [0.25, 0.3) is 0 Å². The van der Waals surface area contributed by atoms with Crippen molar-refractivity contribution in [3.05, 3.63) is 11.6 Å². The predicted octanol–water partition coefficient (Wildman–Crippen LogP) is 5.96. The first-order valence-corrected chi connectivity index (χ1v) is 11.5. The molecular weight excluding hydrogens is 396 g/mol. The van der Waals surface area contributed by atoms with Crippen LogP contribution in [0.5, 0.6) is 0 Å². The van der Waals surface area contributed by atoms with Gasteiger partial charge in [0.25, 0.3) is 0 Å². The molecule has 4 rings (SSSR count). The van der Waals surface area contributed by atoms with E-state index in [1.807, 2.05) is 0 Å². The molecule has 7 unspecified atom stereocenters. The summed E-state index contributed by atoms with van der Waals surface area (Å²) in [5.41, 5.74) is 1.92. The Kier molecular flexibility index (Phi) is 5.11. The molecule has 0 aliphatic heterocycles. The highest BCUT2D eigenvalue weighted by Crippen LogP contribution is 2.63. The Morgan fingerprint density at radius 2 is 2.12 bits per heavy atom. The average Bonchev–Trinajstić information content (AvgIpc) is 2.98. The highest BCUT2D eigenvalue weighted by atomic mass is 79.9. The van der Waals surface area contributed by atoms with E-state index in [1.54, 1.807) is 5.57 Å². The van der Waals surface area contributed by atoms with Crippen LogP contribution in [0.3, 0.4) is 0 Å². The molecule has 4 aliphatic rings. The number of ketones is 1. The second kappa shape index (κ2) is 7.05. The van der Waals surface area contributed by atoms with Crippen molar-refractivity contribution >= 4 is 33.3 Å². The first kappa shape index (κ1) is 18.1. The molecule has 0 heterocycles. The number of hydrogen-bond acceptors (Lipinski definition) is 1. The molecule has 0 aromatic heterocycles. The van der Waals surface area contributed by atoms with Crippen LogP contribution in [0.15, 0.2) is 11.6 Å². The molecule has 0 saturated heterocycles. The van der Waals surface area contributed by atoms with E-state index in [0.717, 1.165) is 36.5 Å². The van der Waals surface area contributed by atoms with Crippen molar-refractivity contribution in [2.45, 2.75) is 58.3 Å². The van der Waals surface area contributed by atoms with Gasteiger partial charge in [0.1, 0.15) is 5.78 Å². The molecule has 0 bridgehead atoms. The minimum absolute atomic E-state index is 0.249. The van der Waals surface area contributed by atoms with Gasteiger partial charge in [0.2, 0.25) is 0 Å². The van der Waals surface area contributed by atoms with Gasteiger partial charge in [-0.25, -0.2) is 0 Å². The number of Topliss-reactive ketones (excluding diaryl/α,β-unsaturated/α-hetero) is 1. The summed E-state index contributed by atoms with van der Waals surface area (Å²) in [4.78, 5) is 12.5. The third-order valence-corrected chi connectivity index (χ3v) is 8.89. The van der Waals surface area contributed by atoms with Crippen molar-refractivity contribution in [3.63, 3.8) is 0 Å². The number of carbonyl (C=O) groups is 1. The van der Waals surface area contributed by atoms with Crippen LogP contribution >= 0.6 is 27.5 Å². The lowest BCUT2D eigenvalue weighted by Crippen LogP contribution is -2.47. The largest absolute Gasteiger partial charge is 0.298 e. The highest BCUT2D eigenvalue weighted by molar-refractivity contribution is 9.09. The Morgan fingerprint density at radius 3 is 2.88 bits per heavy atom. The Balaban J connectivity index is 1.56. The molecule has 3 fully saturated rings. The summed E-state index contributed by atoms with van der Waals surface area (Å²) >= 11 is 9.06. The van der Waals surface area contributed by atoms with Gasteiger partial charge in [-0.2, -0.15) is 0 Å². The lowest BCUT2D eigenvalue weighted by atomic mass is 9.51. The molecule has 0 aromatic carbocycles. The fourth-order valence-corrected chi connectivity index (χ4v) is 7.64. The maximum absolute atomic E-state index is 12.5. The number of halogens is 2. The fraction of sp³-hybridized carbons (Fsp3) is 0.773. The van der Waals surface area contributed by atoms with Gasteiger partial charge in [-0.1, -0.05) is 40.4 Å². The van der Waals surface area contributed by atoms with Crippen molar-refractivity contribution < 1.29 is 4.79 Å².